The Morgan fingerprint density at radius 1 is 0.684 bits per heavy atom. The molecule has 0 radical (unpaired) electrons. The average Bonchev–Trinajstić information content (AvgIpc) is 2.88. The fraction of sp³-hybridized carbons (Fsp3) is 0.0714. The van der Waals surface area contributed by atoms with Crippen molar-refractivity contribution in [3.05, 3.63) is 130 Å². The number of carbonyl (C=O) groups is 2. The summed E-state index contributed by atoms with van der Waals surface area (Å²) in [6.45, 7) is 0. The molecule has 0 aliphatic heterocycles. The third-order valence-electron chi connectivity index (χ3n) is 5.08. The molecule has 0 aliphatic rings. The van der Waals surface area contributed by atoms with Crippen molar-refractivity contribution in [1.82, 2.24) is 9.97 Å². The molecule has 2 aromatic heterocycles. The van der Waals surface area contributed by atoms with Gasteiger partial charge in [0.15, 0.2) is 0 Å². The van der Waals surface area contributed by atoms with Gasteiger partial charge in [-0.1, -0.05) is 36.4 Å². The Morgan fingerprint density at radius 2 is 1.26 bits per heavy atom. The van der Waals surface area contributed by atoms with Crippen LogP contribution in [0.1, 0.15) is 43.2 Å². The zero-order chi connectivity index (χ0) is 25.9. The van der Waals surface area contributed by atoms with Gasteiger partial charge in [-0.15, -0.1) is 0 Å². The van der Waals surface area contributed by atoms with Crippen molar-refractivity contribution in [1.29, 1.82) is 0 Å². The van der Waals surface area contributed by atoms with Crippen molar-refractivity contribution < 1.29 is 87.7 Å². The Kier molecular flexibility index (Phi) is 14.9. The van der Waals surface area contributed by atoms with Gasteiger partial charge in [0.25, 0.3) is 0 Å². The number of carboxylic acids is 2. The third-order valence-corrected chi connectivity index (χ3v) is 5.08. The number of carboxylic acid groups (broad SMARTS) is 2. The first-order valence-electron chi connectivity index (χ1n) is 10.8. The maximum Gasteiger partial charge on any atom is 1.00 e. The largest absolute Gasteiger partial charge is 1.00 e. The topological polar surface area (TPSA) is 106 Å². The van der Waals surface area contributed by atoms with Gasteiger partial charge in [-0.25, -0.2) is 8.78 Å². The van der Waals surface area contributed by atoms with Gasteiger partial charge >= 0.3 is 59.1 Å². The van der Waals surface area contributed by atoms with Gasteiger partial charge in [-0.05, 0) is 67.0 Å². The molecule has 0 saturated carbocycles. The van der Waals surface area contributed by atoms with Crippen molar-refractivity contribution in [2.45, 2.75) is 12.8 Å². The van der Waals surface area contributed by atoms with Crippen molar-refractivity contribution >= 4 is 24.1 Å². The summed E-state index contributed by atoms with van der Waals surface area (Å²) in [5.41, 5.74) is 1.61. The summed E-state index contributed by atoms with van der Waals surface area (Å²) in [6.07, 6.45) is 6.68. The summed E-state index contributed by atoms with van der Waals surface area (Å²) in [6, 6.07) is 18.5. The van der Waals surface area contributed by atoms with Crippen molar-refractivity contribution in [2.24, 2.45) is 0 Å². The van der Waals surface area contributed by atoms with Crippen LogP contribution >= 0.6 is 0 Å². The second-order valence-electron chi connectivity index (χ2n) is 7.46. The maximum absolute atomic E-state index is 13.4. The van der Waals surface area contributed by atoms with E-state index in [0.717, 1.165) is 0 Å². The third kappa shape index (κ3) is 9.87. The van der Waals surface area contributed by atoms with Crippen LogP contribution in [-0.4, -0.2) is 21.9 Å². The summed E-state index contributed by atoms with van der Waals surface area (Å²) in [5.74, 6) is -3.23. The molecule has 0 atom stereocenters. The molecule has 0 spiro atoms. The van der Waals surface area contributed by atoms with Crippen LogP contribution in [0.5, 0.6) is 0 Å². The number of aryl methyl sites for hydroxylation is 2. The minimum Gasteiger partial charge on any atom is -0.545 e. The number of hydrogen-bond donors (Lipinski definition) is 0. The molecule has 6 nitrogen and oxygen atoms in total. The molecule has 182 valence electrons. The maximum atomic E-state index is 13.4. The Labute approximate surface area is 263 Å². The molecule has 2 heterocycles. The summed E-state index contributed by atoms with van der Waals surface area (Å²) in [7, 11) is 0. The molecule has 0 N–H and O–H groups in total. The van der Waals surface area contributed by atoms with Crippen LogP contribution in [0.3, 0.4) is 0 Å². The van der Waals surface area contributed by atoms with E-state index in [1.54, 1.807) is 36.4 Å². The fourth-order valence-electron chi connectivity index (χ4n) is 3.28. The Balaban J connectivity index is 0.000000361. The SMILES string of the molecule is O=C([O-])c1cccnc1/C=C/c1ccccc1F.O=C([O-])c1cccnc1CCc1ccccc1F.[Na+].[Na+]. The van der Waals surface area contributed by atoms with Crippen molar-refractivity contribution in [3.63, 3.8) is 0 Å². The number of benzene rings is 2. The molecule has 0 amide bonds. The monoisotopic (exact) mass is 532 g/mol. The van der Waals surface area contributed by atoms with E-state index in [0.29, 0.717) is 29.7 Å². The fourth-order valence-corrected chi connectivity index (χ4v) is 3.28. The van der Waals surface area contributed by atoms with E-state index in [4.69, 9.17) is 0 Å². The van der Waals surface area contributed by atoms with Crippen LogP contribution in [0.4, 0.5) is 8.78 Å². The van der Waals surface area contributed by atoms with E-state index in [2.05, 4.69) is 9.97 Å². The minimum absolute atomic E-state index is 0. The Hall–Kier alpha value is -2.72. The average molecular weight is 532 g/mol. The van der Waals surface area contributed by atoms with Crippen LogP contribution < -0.4 is 69.3 Å². The van der Waals surface area contributed by atoms with Crippen LogP contribution in [0.2, 0.25) is 0 Å². The number of pyridine rings is 2. The Bertz CT molecular complexity index is 1400. The van der Waals surface area contributed by atoms with Crippen LogP contribution in [0, 0.1) is 11.6 Å². The van der Waals surface area contributed by atoms with Gasteiger partial charge in [-0.3, -0.25) is 9.97 Å². The quantitative estimate of drug-likeness (QED) is 0.237. The van der Waals surface area contributed by atoms with Crippen LogP contribution in [-0.2, 0) is 12.8 Å². The summed E-state index contributed by atoms with van der Waals surface area (Å²) >= 11 is 0. The molecule has 0 saturated heterocycles. The summed E-state index contributed by atoms with van der Waals surface area (Å²) in [4.78, 5) is 29.6. The van der Waals surface area contributed by atoms with E-state index < -0.39 is 11.9 Å². The molecule has 0 fully saturated rings. The number of aromatic nitrogens is 2. The second kappa shape index (κ2) is 17.0. The van der Waals surface area contributed by atoms with Gasteiger partial charge in [0.1, 0.15) is 11.6 Å². The first kappa shape index (κ1) is 33.3. The molecule has 2 aromatic carbocycles. The molecule has 4 aromatic rings. The number of carbonyl (C=O) groups excluding carboxylic acids is 2. The minimum atomic E-state index is -1.31. The predicted molar refractivity (Wildman–Crippen MR) is 126 cm³/mol. The zero-order valence-electron chi connectivity index (χ0n) is 20.9. The Morgan fingerprint density at radius 3 is 1.89 bits per heavy atom. The van der Waals surface area contributed by atoms with Gasteiger partial charge in [0.05, 0.1) is 17.6 Å². The first-order chi connectivity index (χ1) is 17.4. The second-order valence-corrected chi connectivity index (χ2v) is 7.46. The van der Waals surface area contributed by atoms with Crippen LogP contribution in [0.25, 0.3) is 12.2 Å². The number of rotatable bonds is 7. The van der Waals surface area contributed by atoms with Gasteiger partial charge < -0.3 is 19.8 Å². The number of hydrogen-bond acceptors (Lipinski definition) is 6. The van der Waals surface area contributed by atoms with E-state index >= 15 is 0 Å². The molecule has 10 heteroatoms. The van der Waals surface area contributed by atoms with Gasteiger partial charge in [0.2, 0.25) is 0 Å². The molecule has 4 rings (SSSR count). The molecule has 38 heavy (non-hydrogen) atoms. The van der Waals surface area contributed by atoms with Crippen LogP contribution in [0.15, 0.2) is 85.2 Å². The molecule has 0 bridgehead atoms. The van der Waals surface area contributed by atoms with Gasteiger partial charge in [-0.2, -0.15) is 0 Å². The predicted octanol–water partition coefficient (Wildman–Crippen LogP) is -2.87. The van der Waals surface area contributed by atoms with E-state index in [1.807, 2.05) is 0 Å². The normalized spacial score (nSPS) is 9.95. The number of aromatic carboxylic acids is 2. The summed E-state index contributed by atoms with van der Waals surface area (Å²) < 4.78 is 26.8. The van der Waals surface area contributed by atoms with Crippen molar-refractivity contribution in [3.8, 4) is 0 Å². The molecular weight excluding hydrogens is 512 g/mol. The molecule has 0 unspecified atom stereocenters. The number of halogens is 2. The standard InChI is InChI=1S/C14H12FNO2.C14H10FNO2.2Na/c2*15-12-6-2-1-4-10(12)7-8-13-11(14(17)18)5-3-9-16-13;;/h1-6,9H,7-8H2,(H,17,18);1-9H,(H,17,18);;/q;;2*+1/p-2/b;8-7+;;. The van der Waals surface area contributed by atoms with E-state index in [-0.39, 0.29) is 87.6 Å². The zero-order valence-corrected chi connectivity index (χ0v) is 24.9. The molecular formula is C28H20F2N2Na2O4. The van der Waals surface area contributed by atoms with E-state index in [1.165, 1.54) is 60.9 Å². The summed E-state index contributed by atoms with van der Waals surface area (Å²) in [5, 5.41) is 21.7. The smallest absolute Gasteiger partial charge is 0.545 e. The molecule has 0 aliphatic carbocycles. The van der Waals surface area contributed by atoms with Gasteiger partial charge in [0, 0.05) is 34.8 Å². The first-order valence-corrected chi connectivity index (χ1v) is 10.8. The van der Waals surface area contributed by atoms with E-state index in [9.17, 15) is 28.6 Å². The number of nitrogens with zero attached hydrogens (tertiary/aromatic N) is 2. The van der Waals surface area contributed by atoms with Crippen molar-refractivity contribution in [2.75, 3.05) is 0 Å².